The zero-order chi connectivity index (χ0) is 16.1. The normalized spacial score (nSPS) is 17.2. The second kappa shape index (κ2) is 5.15. The Labute approximate surface area is 138 Å². The first kappa shape index (κ1) is 13.7. The lowest BCUT2D eigenvalue weighted by Crippen LogP contribution is -2.40. The molecule has 1 aliphatic carbocycles. The zero-order valence-electron chi connectivity index (χ0n) is 13.3. The van der Waals surface area contributed by atoms with E-state index >= 15 is 0 Å². The molecule has 1 amide bonds. The summed E-state index contributed by atoms with van der Waals surface area (Å²) in [6.45, 7) is 2.32. The summed E-state index contributed by atoms with van der Waals surface area (Å²) in [6, 6.07) is 9.87. The van der Waals surface area contributed by atoms with E-state index in [2.05, 4.69) is 26.2 Å². The van der Waals surface area contributed by atoms with Crippen LogP contribution in [0.2, 0.25) is 0 Å². The van der Waals surface area contributed by atoms with Gasteiger partial charge in [-0.3, -0.25) is 9.48 Å². The van der Waals surface area contributed by atoms with Crippen molar-refractivity contribution in [3.63, 3.8) is 0 Å². The Morgan fingerprint density at radius 1 is 1.21 bits per heavy atom. The molecule has 122 valence electrons. The minimum absolute atomic E-state index is 0.0751. The van der Waals surface area contributed by atoms with Gasteiger partial charge < -0.3 is 4.90 Å². The van der Waals surface area contributed by atoms with Crippen LogP contribution in [-0.4, -0.2) is 42.1 Å². The van der Waals surface area contributed by atoms with E-state index in [1.807, 2.05) is 29.2 Å². The summed E-state index contributed by atoms with van der Waals surface area (Å²) in [6.07, 6.45) is 2.50. The van der Waals surface area contributed by atoms with Crippen LogP contribution in [0.5, 0.6) is 0 Å². The molecule has 0 unspecified atom stereocenters. The highest BCUT2D eigenvalue weighted by atomic mass is 16.2. The van der Waals surface area contributed by atoms with Gasteiger partial charge in [0.2, 0.25) is 5.91 Å². The number of carbonyl (C=O) groups excluding carboxylic acids is 1. The minimum Gasteiger partial charge on any atom is -0.333 e. The number of para-hydroxylation sites is 1. The van der Waals surface area contributed by atoms with Crippen LogP contribution in [-0.2, 0) is 24.4 Å². The van der Waals surface area contributed by atoms with Crippen LogP contribution in [0.3, 0.4) is 0 Å². The molecule has 1 aliphatic heterocycles. The highest BCUT2D eigenvalue weighted by molar-refractivity contribution is 5.79. The number of aromatic nitrogens is 5. The van der Waals surface area contributed by atoms with Crippen molar-refractivity contribution in [2.75, 3.05) is 6.54 Å². The van der Waals surface area contributed by atoms with Crippen molar-refractivity contribution in [3.05, 3.63) is 41.7 Å². The van der Waals surface area contributed by atoms with Crippen molar-refractivity contribution in [3.8, 4) is 0 Å². The fraction of sp³-hybridized carbons (Fsp3) is 0.412. The number of hydrogen-bond donors (Lipinski definition) is 0. The first-order valence-electron chi connectivity index (χ1n) is 8.40. The Kier molecular flexibility index (Phi) is 2.95. The Bertz CT molecular complexity index is 922. The third kappa shape index (κ3) is 2.28. The predicted octanol–water partition coefficient (Wildman–Crippen LogP) is 1.55. The van der Waals surface area contributed by atoms with Gasteiger partial charge in [-0.2, -0.15) is 5.10 Å². The molecule has 0 radical (unpaired) electrons. The largest absolute Gasteiger partial charge is 0.333 e. The van der Waals surface area contributed by atoms with Crippen molar-refractivity contribution in [1.29, 1.82) is 0 Å². The van der Waals surface area contributed by atoms with Crippen LogP contribution >= 0.6 is 0 Å². The SMILES string of the molecule is O=C(Cn1nnc2ccccc21)N1CCn2nc(C3CC3)cc2C1. The fourth-order valence-corrected chi connectivity index (χ4v) is 3.34. The monoisotopic (exact) mass is 322 g/mol. The molecule has 1 fully saturated rings. The fourth-order valence-electron chi connectivity index (χ4n) is 3.34. The van der Waals surface area contributed by atoms with E-state index in [-0.39, 0.29) is 12.5 Å². The van der Waals surface area contributed by atoms with E-state index in [4.69, 9.17) is 0 Å². The maximum atomic E-state index is 12.7. The summed E-state index contributed by atoms with van der Waals surface area (Å²) in [5.41, 5.74) is 4.04. The first-order chi connectivity index (χ1) is 11.8. The molecular weight excluding hydrogens is 304 g/mol. The lowest BCUT2D eigenvalue weighted by atomic mass is 10.2. The number of amides is 1. The Morgan fingerprint density at radius 3 is 2.96 bits per heavy atom. The van der Waals surface area contributed by atoms with Gasteiger partial charge >= 0.3 is 0 Å². The van der Waals surface area contributed by atoms with Crippen molar-refractivity contribution >= 4 is 16.9 Å². The average molecular weight is 322 g/mol. The summed E-state index contributed by atoms with van der Waals surface area (Å²) in [4.78, 5) is 14.6. The van der Waals surface area contributed by atoms with Crippen LogP contribution in [0, 0.1) is 0 Å². The Hall–Kier alpha value is -2.70. The molecule has 2 aliphatic rings. The molecule has 1 saturated carbocycles. The van der Waals surface area contributed by atoms with Crippen molar-refractivity contribution in [2.45, 2.75) is 38.4 Å². The molecule has 2 aromatic heterocycles. The molecule has 3 heterocycles. The molecule has 7 heteroatoms. The third-order valence-electron chi connectivity index (χ3n) is 4.87. The molecule has 3 aromatic rings. The van der Waals surface area contributed by atoms with E-state index in [9.17, 15) is 4.79 Å². The van der Waals surface area contributed by atoms with Gasteiger partial charge in [-0.25, -0.2) is 4.68 Å². The van der Waals surface area contributed by atoms with E-state index < -0.39 is 0 Å². The molecule has 0 atom stereocenters. The standard InChI is InChI=1S/C17H18N6O/c24-17(11-23-16-4-2-1-3-14(16)18-20-23)21-7-8-22-13(10-21)9-15(19-22)12-5-6-12/h1-4,9,12H,5-8,10-11H2. The summed E-state index contributed by atoms with van der Waals surface area (Å²) in [5, 5.41) is 12.9. The minimum atomic E-state index is 0.0751. The molecule has 1 aromatic carbocycles. The van der Waals surface area contributed by atoms with Gasteiger partial charge in [0.15, 0.2) is 0 Å². The summed E-state index contributed by atoms with van der Waals surface area (Å²) in [5.74, 6) is 0.722. The van der Waals surface area contributed by atoms with E-state index in [0.717, 1.165) is 23.3 Å². The molecule has 0 spiro atoms. The summed E-state index contributed by atoms with van der Waals surface area (Å²) >= 11 is 0. The topological polar surface area (TPSA) is 68.8 Å². The van der Waals surface area contributed by atoms with Gasteiger partial charge in [-0.15, -0.1) is 5.10 Å². The van der Waals surface area contributed by atoms with Gasteiger partial charge in [0.1, 0.15) is 12.1 Å². The van der Waals surface area contributed by atoms with Crippen LogP contribution in [0.25, 0.3) is 11.0 Å². The van der Waals surface area contributed by atoms with Crippen molar-refractivity contribution in [2.24, 2.45) is 0 Å². The quantitative estimate of drug-likeness (QED) is 0.733. The smallest absolute Gasteiger partial charge is 0.244 e. The average Bonchev–Trinajstić information content (AvgIpc) is 3.25. The van der Waals surface area contributed by atoms with E-state index in [0.29, 0.717) is 19.0 Å². The maximum Gasteiger partial charge on any atom is 0.244 e. The first-order valence-corrected chi connectivity index (χ1v) is 8.40. The number of nitrogens with zero attached hydrogens (tertiary/aromatic N) is 6. The molecule has 5 rings (SSSR count). The van der Waals surface area contributed by atoms with Crippen LogP contribution in [0.4, 0.5) is 0 Å². The van der Waals surface area contributed by atoms with E-state index in [1.54, 1.807) is 4.68 Å². The molecule has 0 N–H and O–H groups in total. The second-order valence-electron chi connectivity index (χ2n) is 6.61. The van der Waals surface area contributed by atoms with Gasteiger partial charge in [-0.1, -0.05) is 17.3 Å². The van der Waals surface area contributed by atoms with Crippen molar-refractivity contribution in [1.82, 2.24) is 29.7 Å². The number of rotatable bonds is 3. The predicted molar refractivity (Wildman–Crippen MR) is 87.1 cm³/mol. The molecule has 7 nitrogen and oxygen atoms in total. The highest BCUT2D eigenvalue weighted by Gasteiger charge is 2.29. The lowest BCUT2D eigenvalue weighted by Gasteiger charge is -2.27. The van der Waals surface area contributed by atoms with Crippen molar-refractivity contribution < 1.29 is 4.79 Å². The lowest BCUT2D eigenvalue weighted by molar-refractivity contribution is -0.133. The zero-order valence-corrected chi connectivity index (χ0v) is 13.3. The summed E-state index contributed by atoms with van der Waals surface area (Å²) < 4.78 is 3.74. The maximum absolute atomic E-state index is 12.7. The van der Waals surface area contributed by atoms with Gasteiger partial charge in [0.05, 0.1) is 30.0 Å². The molecular formula is C17H18N6O. The number of hydrogen-bond acceptors (Lipinski definition) is 4. The Morgan fingerprint density at radius 2 is 2.08 bits per heavy atom. The molecule has 0 saturated heterocycles. The van der Waals surface area contributed by atoms with Crippen LogP contribution < -0.4 is 0 Å². The second-order valence-corrected chi connectivity index (χ2v) is 6.61. The number of carbonyl (C=O) groups is 1. The van der Waals surface area contributed by atoms with E-state index in [1.165, 1.54) is 18.5 Å². The molecule has 0 bridgehead atoms. The number of benzene rings is 1. The molecule has 24 heavy (non-hydrogen) atoms. The van der Waals surface area contributed by atoms with Gasteiger partial charge in [0, 0.05) is 12.5 Å². The van der Waals surface area contributed by atoms with Crippen LogP contribution in [0.1, 0.15) is 30.1 Å². The third-order valence-corrected chi connectivity index (χ3v) is 4.87. The number of fused-ring (bicyclic) bond motifs is 2. The highest BCUT2D eigenvalue weighted by Crippen LogP contribution is 2.39. The summed E-state index contributed by atoms with van der Waals surface area (Å²) in [7, 11) is 0. The van der Waals surface area contributed by atoms with Gasteiger partial charge in [0.25, 0.3) is 0 Å². The van der Waals surface area contributed by atoms with Gasteiger partial charge in [-0.05, 0) is 31.0 Å². The van der Waals surface area contributed by atoms with Crippen LogP contribution in [0.15, 0.2) is 30.3 Å². The Balaban J connectivity index is 1.34.